The summed E-state index contributed by atoms with van der Waals surface area (Å²) in [6, 6.07) is -0.899. The van der Waals surface area contributed by atoms with E-state index < -0.39 is 34.8 Å². The third kappa shape index (κ3) is 3.66. The van der Waals surface area contributed by atoms with Crippen LogP contribution in [0.5, 0.6) is 0 Å². The number of β-lactam (4-membered cyclic amide) rings is 1. The predicted octanol–water partition coefficient (Wildman–Crippen LogP) is 0.384. The topological polar surface area (TPSA) is 156 Å². The van der Waals surface area contributed by atoms with Crippen LogP contribution in [0.15, 0.2) is 21.8 Å². The molecule has 0 bridgehead atoms. The van der Waals surface area contributed by atoms with Gasteiger partial charge in [-0.3, -0.25) is 14.5 Å². The molecule has 13 heteroatoms. The zero-order valence-corrected chi connectivity index (χ0v) is 18.4. The van der Waals surface area contributed by atoms with Crippen LogP contribution in [0.4, 0.5) is 5.13 Å². The van der Waals surface area contributed by atoms with Crippen molar-refractivity contribution in [2.24, 2.45) is 5.16 Å². The molecule has 0 aliphatic carbocycles. The van der Waals surface area contributed by atoms with Crippen molar-refractivity contribution in [1.82, 2.24) is 15.2 Å². The fourth-order valence-corrected chi connectivity index (χ4v) is 6.00. The summed E-state index contributed by atoms with van der Waals surface area (Å²) in [4.78, 5) is 47.7. The molecular formula is C18H21N5O6S2. The molecule has 3 atom stereocenters. The van der Waals surface area contributed by atoms with Gasteiger partial charge in [-0.05, 0) is 19.8 Å². The van der Waals surface area contributed by atoms with Gasteiger partial charge in [0.25, 0.3) is 11.8 Å². The maximum atomic E-state index is 12.9. The molecule has 4 N–H and O–H groups in total. The first-order chi connectivity index (χ1) is 14.8. The second-order valence-corrected chi connectivity index (χ2v) is 9.36. The van der Waals surface area contributed by atoms with E-state index in [1.165, 1.54) is 23.8 Å². The SMILES string of the molecule is CON=C(C(=O)N[C@@H]1C(=O)N2C(C(=O)O)=C(C3(C)CCCO3)CS[C@H]12)c1csc(N)n1. The number of aliphatic carboxylic acids is 1. The van der Waals surface area contributed by atoms with Gasteiger partial charge in [-0.15, -0.1) is 23.1 Å². The molecule has 4 rings (SSSR count). The minimum atomic E-state index is -1.19. The summed E-state index contributed by atoms with van der Waals surface area (Å²) in [6.45, 7) is 2.41. The second kappa shape index (κ2) is 8.13. The minimum absolute atomic E-state index is 0.0540. The Morgan fingerprint density at radius 2 is 2.29 bits per heavy atom. The van der Waals surface area contributed by atoms with Gasteiger partial charge in [0, 0.05) is 23.3 Å². The Balaban J connectivity index is 1.56. The van der Waals surface area contributed by atoms with E-state index in [1.807, 2.05) is 6.92 Å². The number of carbonyl (C=O) groups excluding carboxylic acids is 2. The maximum Gasteiger partial charge on any atom is 0.352 e. The van der Waals surface area contributed by atoms with E-state index in [4.69, 9.17) is 15.3 Å². The van der Waals surface area contributed by atoms with E-state index in [1.54, 1.807) is 5.38 Å². The predicted molar refractivity (Wildman–Crippen MR) is 113 cm³/mol. The number of oxime groups is 1. The minimum Gasteiger partial charge on any atom is -0.477 e. The largest absolute Gasteiger partial charge is 0.477 e. The van der Waals surface area contributed by atoms with Crippen LogP contribution in [0.3, 0.4) is 0 Å². The lowest BCUT2D eigenvalue weighted by Gasteiger charge is -2.50. The van der Waals surface area contributed by atoms with Crippen molar-refractivity contribution in [3.63, 3.8) is 0 Å². The summed E-state index contributed by atoms with van der Waals surface area (Å²) < 4.78 is 5.82. The van der Waals surface area contributed by atoms with Crippen molar-refractivity contribution in [2.45, 2.75) is 36.8 Å². The van der Waals surface area contributed by atoms with Crippen molar-refractivity contribution < 1.29 is 29.1 Å². The summed E-state index contributed by atoms with van der Waals surface area (Å²) in [7, 11) is 1.29. The van der Waals surface area contributed by atoms with Crippen LogP contribution in [0.1, 0.15) is 25.5 Å². The number of thiazole rings is 1. The van der Waals surface area contributed by atoms with Crippen LogP contribution < -0.4 is 11.1 Å². The fourth-order valence-electron chi connectivity index (χ4n) is 3.94. The van der Waals surface area contributed by atoms with Crippen LogP contribution in [-0.2, 0) is 24.0 Å². The summed E-state index contributed by atoms with van der Waals surface area (Å²) in [6.07, 6.45) is 1.52. The maximum absolute atomic E-state index is 12.9. The fraction of sp³-hybridized carbons (Fsp3) is 0.500. The van der Waals surface area contributed by atoms with E-state index in [0.29, 0.717) is 24.4 Å². The molecule has 4 heterocycles. The molecule has 0 aromatic carbocycles. The van der Waals surface area contributed by atoms with Gasteiger partial charge in [0.15, 0.2) is 10.8 Å². The van der Waals surface area contributed by atoms with Crippen LogP contribution in [-0.4, -0.2) is 75.0 Å². The Morgan fingerprint density at radius 3 is 2.87 bits per heavy atom. The number of rotatable bonds is 6. The van der Waals surface area contributed by atoms with Gasteiger partial charge in [0.05, 0.1) is 5.60 Å². The van der Waals surface area contributed by atoms with Crippen LogP contribution >= 0.6 is 23.1 Å². The van der Waals surface area contributed by atoms with Crippen molar-refractivity contribution in [3.05, 3.63) is 22.3 Å². The third-order valence-electron chi connectivity index (χ3n) is 5.48. The number of carboxylic acids is 1. The first-order valence-electron chi connectivity index (χ1n) is 9.46. The van der Waals surface area contributed by atoms with Crippen molar-refractivity contribution >= 4 is 51.7 Å². The number of hydrogen-bond acceptors (Lipinski definition) is 10. The molecule has 11 nitrogen and oxygen atoms in total. The number of amides is 2. The Labute approximate surface area is 185 Å². The van der Waals surface area contributed by atoms with Gasteiger partial charge >= 0.3 is 5.97 Å². The van der Waals surface area contributed by atoms with Gasteiger partial charge < -0.3 is 25.7 Å². The van der Waals surface area contributed by atoms with Crippen molar-refractivity contribution in [1.29, 1.82) is 0 Å². The van der Waals surface area contributed by atoms with E-state index in [9.17, 15) is 19.5 Å². The number of ether oxygens (including phenoxy) is 1. The number of hydrogen-bond donors (Lipinski definition) is 3. The van der Waals surface area contributed by atoms with Gasteiger partial charge in [0.2, 0.25) is 0 Å². The second-order valence-electron chi connectivity index (χ2n) is 7.37. The van der Waals surface area contributed by atoms with E-state index in [0.717, 1.165) is 17.8 Å². The summed E-state index contributed by atoms with van der Waals surface area (Å²) >= 11 is 2.53. The molecule has 0 saturated carbocycles. The van der Waals surface area contributed by atoms with E-state index in [2.05, 4.69) is 15.5 Å². The standard InChI is InChI=1S/C18H21N5O6S2/c1-18(4-3-5-29-18)8-6-30-15-11(14(25)23(15)12(8)16(26)27)21-13(24)10(22-28-2)9-7-31-17(19)20-9/h7,11,15H,3-6H2,1-2H3,(H2,19,20)(H,21,24)(H,26,27)/t11-,15-,18?/m1/s1. The molecular weight excluding hydrogens is 446 g/mol. The highest BCUT2D eigenvalue weighted by molar-refractivity contribution is 8.00. The lowest BCUT2D eigenvalue weighted by atomic mass is 9.89. The Morgan fingerprint density at radius 1 is 1.52 bits per heavy atom. The van der Waals surface area contributed by atoms with Gasteiger partial charge in [-0.25, -0.2) is 9.78 Å². The molecule has 31 heavy (non-hydrogen) atoms. The number of fused-ring (bicyclic) bond motifs is 1. The van der Waals surface area contributed by atoms with Gasteiger partial charge in [-0.1, -0.05) is 5.16 Å². The van der Waals surface area contributed by atoms with E-state index >= 15 is 0 Å². The number of nitrogens with zero attached hydrogens (tertiary/aromatic N) is 3. The van der Waals surface area contributed by atoms with E-state index in [-0.39, 0.29) is 22.2 Å². The average Bonchev–Trinajstić information content (AvgIpc) is 3.37. The Hall–Kier alpha value is -2.64. The number of nitrogens with one attached hydrogen (secondary N) is 1. The number of nitrogens with two attached hydrogens (primary N) is 1. The number of carbonyl (C=O) groups is 3. The third-order valence-corrected chi connectivity index (χ3v) is 7.43. The van der Waals surface area contributed by atoms with Gasteiger partial charge in [0.1, 0.15) is 29.9 Å². The number of carboxylic acid groups (broad SMARTS) is 1. The number of anilines is 1. The Kier molecular flexibility index (Phi) is 5.66. The van der Waals surface area contributed by atoms with Crippen LogP contribution in [0.25, 0.3) is 0 Å². The molecule has 2 amide bonds. The van der Waals surface area contributed by atoms with Crippen molar-refractivity contribution in [2.75, 3.05) is 25.2 Å². The van der Waals surface area contributed by atoms with Crippen molar-refractivity contribution in [3.8, 4) is 0 Å². The molecule has 1 unspecified atom stereocenters. The highest BCUT2D eigenvalue weighted by atomic mass is 32.2. The molecule has 1 aromatic heterocycles. The lowest BCUT2D eigenvalue weighted by Crippen LogP contribution is -2.71. The highest BCUT2D eigenvalue weighted by Gasteiger charge is 2.56. The quantitative estimate of drug-likeness (QED) is 0.306. The molecule has 2 saturated heterocycles. The molecule has 3 aliphatic heterocycles. The monoisotopic (exact) mass is 467 g/mol. The highest BCUT2D eigenvalue weighted by Crippen LogP contribution is 2.46. The summed E-state index contributed by atoms with van der Waals surface area (Å²) in [5, 5.41) is 17.4. The first-order valence-corrected chi connectivity index (χ1v) is 11.4. The number of thioether (sulfide) groups is 1. The Bertz CT molecular complexity index is 999. The zero-order valence-electron chi connectivity index (χ0n) is 16.8. The molecule has 0 spiro atoms. The first kappa shape index (κ1) is 21.6. The number of nitrogen functional groups attached to an aromatic ring is 1. The molecule has 1 aromatic rings. The molecule has 0 radical (unpaired) electrons. The van der Waals surface area contributed by atoms with Gasteiger partial charge in [-0.2, -0.15) is 0 Å². The number of aromatic nitrogens is 1. The van der Waals surface area contributed by atoms with Crippen LogP contribution in [0, 0.1) is 0 Å². The molecule has 3 aliphatic rings. The molecule has 2 fully saturated rings. The normalized spacial score (nSPS) is 28.3. The van der Waals surface area contributed by atoms with Crippen LogP contribution in [0.2, 0.25) is 0 Å². The zero-order chi connectivity index (χ0) is 22.3. The smallest absolute Gasteiger partial charge is 0.352 e. The molecule has 166 valence electrons. The summed E-state index contributed by atoms with van der Waals surface area (Å²) in [5.41, 5.74) is 5.56. The summed E-state index contributed by atoms with van der Waals surface area (Å²) in [5.74, 6) is -1.96. The lowest BCUT2D eigenvalue weighted by molar-refractivity contribution is -0.150. The average molecular weight is 468 g/mol.